The maximum Gasteiger partial charge on any atom is 0.172 e. The van der Waals surface area contributed by atoms with E-state index >= 15 is 0 Å². The van der Waals surface area contributed by atoms with E-state index in [0.29, 0.717) is 0 Å². The molecule has 3 rings (SSSR count). The lowest BCUT2D eigenvalue weighted by molar-refractivity contribution is -0.161. The lowest BCUT2D eigenvalue weighted by atomic mass is 9.98. The second kappa shape index (κ2) is 5.00. The van der Waals surface area contributed by atoms with E-state index in [0.717, 1.165) is 38.2 Å². The third kappa shape index (κ3) is 2.49. The zero-order valence-electron chi connectivity index (χ0n) is 10.3. The smallest absolute Gasteiger partial charge is 0.172 e. The van der Waals surface area contributed by atoms with Gasteiger partial charge in [-0.05, 0) is 18.6 Å². The summed E-state index contributed by atoms with van der Waals surface area (Å²) in [5, 5.41) is 0. The fourth-order valence-electron chi connectivity index (χ4n) is 2.35. The molecule has 96 valence electrons. The van der Waals surface area contributed by atoms with E-state index in [4.69, 9.17) is 9.47 Å². The first-order valence-corrected chi connectivity index (χ1v) is 6.40. The average molecular weight is 246 g/mol. The van der Waals surface area contributed by atoms with E-state index < -0.39 is 0 Å². The zero-order chi connectivity index (χ0) is 12.3. The molecular weight excluding hydrogens is 228 g/mol. The van der Waals surface area contributed by atoms with Gasteiger partial charge in [0.05, 0.1) is 18.9 Å². The molecule has 0 saturated carbocycles. The average Bonchev–Trinajstić information content (AvgIpc) is 2.88. The monoisotopic (exact) mass is 246 g/mol. The summed E-state index contributed by atoms with van der Waals surface area (Å²) < 4.78 is 11.4. The predicted molar refractivity (Wildman–Crippen MR) is 69.8 cm³/mol. The Morgan fingerprint density at radius 3 is 2.44 bits per heavy atom. The highest BCUT2D eigenvalue weighted by molar-refractivity contribution is 5.42. The molecule has 2 N–H and O–H groups in total. The summed E-state index contributed by atoms with van der Waals surface area (Å²) in [4.78, 5) is 0. The van der Waals surface area contributed by atoms with Gasteiger partial charge in [0.1, 0.15) is 0 Å². The molecule has 1 aromatic carbocycles. The Morgan fingerprint density at radius 2 is 1.78 bits per heavy atom. The van der Waals surface area contributed by atoms with E-state index in [9.17, 15) is 0 Å². The first kappa shape index (κ1) is 11.6. The molecular formula is C14H18N2O2. The standard InChI is InChI=1S/C14H18N2O2/c1-2-4-12(5-3-1)15-16-13-6-8-14(9-7-13)17-10-11-18-14/h1-6,15-16H,7-11H2. The molecule has 1 aliphatic heterocycles. The van der Waals surface area contributed by atoms with Gasteiger partial charge in [-0.1, -0.05) is 24.3 Å². The van der Waals surface area contributed by atoms with Crippen molar-refractivity contribution < 1.29 is 9.47 Å². The molecule has 0 aromatic heterocycles. The van der Waals surface area contributed by atoms with Gasteiger partial charge in [0, 0.05) is 18.5 Å². The minimum atomic E-state index is -0.335. The topological polar surface area (TPSA) is 42.5 Å². The highest BCUT2D eigenvalue weighted by Crippen LogP contribution is 2.34. The number of benzene rings is 1. The van der Waals surface area contributed by atoms with E-state index in [-0.39, 0.29) is 5.79 Å². The molecule has 0 radical (unpaired) electrons. The van der Waals surface area contributed by atoms with Gasteiger partial charge in [-0.25, -0.2) is 0 Å². The summed E-state index contributed by atoms with van der Waals surface area (Å²) in [5.41, 5.74) is 8.70. The van der Waals surface area contributed by atoms with Crippen molar-refractivity contribution in [3.05, 3.63) is 42.1 Å². The molecule has 0 atom stereocenters. The van der Waals surface area contributed by atoms with Crippen LogP contribution in [0.3, 0.4) is 0 Å². The third-order valence-corrected chi connectivity index (χ3v) is 3.39. The van der Waals surface area contributed by atoms with E-state index in [1.807, 2.05) is 30.3 Å². The van der Waals surface area contributed by atoms with Crippen molar-refractivity contribution in [2.75, 3.05) is 18.6 Å². The minimum absolute atomic E-state index is 0.335. The third-order valence-electron chi connectivity index (χ3n) is 3.39. The predicted octanol–water partition coefficient (Wildman–Crippen LogP) is 2.41. The van der Waals surface area contributed by atoms with Crippen LogP contribution in [0.5, 0.6) is 0 Å². The number of hydrogen-bond acceptors (Lipinski definition) is 4. The molecule has 1 heterocycles. The summed E-state index contributed by atoms with van der Waals surface area (Å²) in [7, 11) is 0. The maximum absolute atomic E-state index is 5.68. The van der Waals surface area contributed by atoms with Crippen molar-refractivity contribution in [2.45, 2.75) is 25.0 Å². The second-order valence-corrected chi connectivity index (χ2v) is 4.66. The highest BCUT2D eigenvalue weighted by Gasteiger charge is 2.37. The molecule has 4 nitrogen and oxygen atoms in total. The van der Waals surface area contributed by atoms with Crippen LogP contribution in [0.1, 0.15) is 19.3 Å². The number of para-hydroxylation sites is 1. The van der Waals surface area contributed by atoms with Crippen LogP contribution in [0.4, 0.5) is 5.69 Å². The first-order chi connectivity index (χ1) is 8.86. The molecule has 0 amide bonds. The Bertz CT molecular complexity index is 425. The number of hydrogen-bond donors (Lipinski definition) is 2. The van der Waals surface area contributed by atoms with E-state index in [1.165, 1.54) is 5.70 Å². The second-order valence-electron chi connectivity index (χ2n) is 4.66. The summed E-state index contributed by atoms with van der Waals surface area (Å²) >= 11 is 0. The number of ether oxygens (including phenoxy) is 2. The van der Waals surface area contributed by atoms with Gasteiger partial charge in [-0.2, -0.15) is 0 Å². The zero-order valence-corrected chi connectivity index (χ0v) is 10.3. The Kier molecular flexibility index (Phi) is 3.21. The highest BCUT2D eigenvalue weighted by atomic mass is 16.7. The van der Waals surface area contributed by atoms with Crippen molar-refractivity contribution in [2.24, 2.45) is 0 Å². The van der Waals surface area contributed by atoms with Crippen molar-refractivity contribution in [1.29, 1.82) is 0 Å². The quantitative estimate of drug-likeness (QED) is 0.804. The molecule has 1 saturated heterocycles. The van der Waals surface area contributed by atoms with Crippen LogP contribution in [0, 0.1) is 0 Å². The largest absolute Gasteiger partial charge is 0.347 e. The molecule has 2 aliphatic rings. The summed E-state index contributed by atoms with van der Waals surface area (Å²) in [6, 6.07) is 10.1. The van der Waals surface area contributed by atoms with Crippen molar-refractivity contribution in [3.8, 4) is 0 Å². The van der Waals surface area contributed by atoms with Gasteiger partial charge in [0.25, 0.3) is 0 Å². The van der Waals surface area contributed by atoms with E-state index in [2.05, 4.69) is 16.9 Å². The fraction of sp³-hybridized carbons (Fsp3) is 0.429. The van der Waals surface area contributed by atoms with E-state index in [1.54, 1.807) is 0 Å². The molecule has 0 bridgehead atoms. The van der Waals surface area contributed by atoms with Gasteiger partial charge in [0.15, 0.2) is 5.79 Å². The number of allylic oxidation sites excluding steroid dienone is 1. The summed E-state index contributed by atoms with van der Waals surface area (Å²) in [6.45, 7) is 1.44. The Morgan fingerprint density at radius 1 is 1.00 bits per heavy atom. The van der Waals surface area contributed by atoms with Gasteiger partial charge in [-0.15, -0.1) is 0 Å². The SMILES string of the molecule is C1=C(NNc2ccccc2)CCC2(C1)OCCO2. The Labute approximate surface area is 107 Å². The van der Waals surface area contributed by atoms with Crippen LogP contribution < -0.4 is 10.9 Å². The fourth-order valence-corrected chi connectivity index (χ4v) is 2.35. The lowest BCUT2D eigenvalue weighted by Gasteiger charge is -2.31. The molecule has 1 aliphatic carbocycles. The van der Waals surface area contributed by atoms with Crippen molar-refractivity contribution in [3.63, 3.8) is 0 Å². The molecule has 0 unspecified atom stereocenters. The maximum atomic E-state index is 5.68. The van der Waals surface area contributed by atoms with Crippen LogP contribution in [0.25, 0.3) is 0 Å². The Balaban J connectivity index is 1.54. The molecule has 18 heavy (non-hydrogen) atoms. The van der Waals surface area contributed by atoms with Gasteiger partial charge in [0.2, 0.25) is 0 Å². The number of nitrogens with one attached hydrogen (secondary N) is 2. The van der Waals surface area contributed by atoms with Crippen LogP contribution >= 0.6 is 0 Å². The van der Waals surface area contributed by atoms with Crippen LogP contribution in [-0.2, 0) is 9.47 Å². The van der Waals surface area contributed by atoms with Gasteiger partial charge < -0.3 is 20.3 Å². The molecule has 1 spiro atoms. The van der Waals surface area contributed by atoms with Crippen LogP contribution in [0.15, 0.2) is 42.1 Å². The summed E-state index contributed by atoms with van der Waals surface area (Å²) in [5.74, 6) is -0.335. The van der Waals surface area contributed by atoms with Crippen molar-refractivity contribution in [1.82, 2.24) is 5.43 Å². The van der Waals surface area contributed by atoms with Crippen LogP contribution in [0.2, 0.25) is 0 Å². The van der Waals surface area contributed by atoms with Gasteiger partial charge >= 0.3 is 0 Å². The number of anilines is 1. The lowest BCUT2D eigenvalue weighted by Crippen LogP contribution is -2.34. The first-order valence-electron chi connectivity index (χ1n) is 6.40. The molecule has 1 fully saturated rings. The number of hydrazine groups is 1. The minimum Gasteiger partial charge on any atom is -0.347 e. The molecule has 4 heteroatoms. The summed E-state index contributed by atoms with van der Waals surface area (Å²) in [6.07, 6.45) is 4.85. The Hall–Kier alpha value is -1.52. The number of rotatable bonds is 3. The normalized spacial score (nSPS) is 21.7. The van der Waals surface area contributed by atoms with Crippen LogP contribution in [-0.4, -0.2) is 19.0 Å². The molecule has 1 aromatic rings. The van der Waals surface area contributed by atoms with Crippen molar-refractivity contribution >= 4 is 5.69 Å². The van der Waals surface area contributed by atoms with Gasteiger partial charge in [-0.3, -0.25) is 0 Å².